The summed E-state index contributed by atoms with van der Waals surface area (Å²) in [7, 11) is 0. The van der Waals surface area contributed by atoms with Crippen LogP contribution in [0.3, 0.4) is 0 Å². The molecule has 20 heavy (non-hydrogen) atoms. The number of carbonyl (C=O) groups excluding carboxylic acids is 1. The highest BCUT2D eigenvalue weighted by Crippen LogP contribution is 2.24. The lowest BCUT2D eigenvalue weighted by atomic mass is 9.99. The van der Waals surface area contributed by atoms with Crippen molar-refractivity contribution in [1.29, 1.82) is 0 Å². The molecule has 1 aliphatic heterocycles. The maximum Gasteiger partial charge on any atom is 0.255 e. The maximum atomic E-state index is 12.6. The molecule has 1 unspecified atom stereocenters. The Labute approximate surface area is 120 Å². The summed E-state index contributed by atoms with van der Waals surface area (Å²) >= 11 is 0. The molecular formula is C16H23N3O. The molecule has 1 N–H and O–H groups in total. The molecule has 1 saturated carbocycles. The zero-order chi connectivity index (χ0) is 13.9. The van der Waals surface area contributed by atoms with Gasteiger partial charge in [-0.3, -0.25) is 4.79 Å². The molecule has 1 aliphatic carbocycles. The van der Waals surface area contributed by atoms with Crippen molar-refractivity contribution in [1.82, 2.24) is 9.88 Å². The van der Waals surface area contributed by atoms with E-state index in [2.05, 4.69) is 17.2 Å². The van der Waals surface area contributed by atoms with Gasteiger partial charge in [-0.15, -0.1) is 0 Å². The molecule has 0 radical (unpaired) electrons. The van der Waals surface area contributed by atoms with Crippen molar-refractivity contribution in [3.8, 4) is 0 Å². The number of hydrogen-bond acceptors (Lipinski definition) is 3. The zero-order valence-electron chi connectivity index (χ0n) is 12.1. The summed E-state index contributed by atoms with van der Waals surface area (Å²) in [4.78, 5) is 19.0. The molecule has 3 rings (SSSR count). The number of likely N-dealkylation sites (tertiary alicyclic amines) is 1. The number of pyridine rings is 1. The topological polar surface area (TPSA) is 45.2 Å². The van der Waals surface area contributed by atoms with Gasteiger partial charge in [0.05, 0.1) is 5.56 Å². The molecule has 1 amide bonds. The molecule has 1 atom stereocenters. The minimum atomic E-state index is 0.141. The smallest absolute Gasteiger partial charge is 0.255 e. The van der Waals surface area contributed by atoms with Crippen LogP contribution in [-0.2, 0) is 0 Å². The molecular weight excluding hydrogens is 250 g/mol. The molecule has 4 nitrogen and oxygen atoms in total. The fourth-order valence-corrected chi connectivity index (χ4v) is 2.90. The van der Waals surface area contributed by atoms with Crippen molar-refractivity contribution in [2.45, 2.75) is 57.5 Å². The van der Waals surface area contributed by atoms with E-state index in [4.69, 9.17) is 0 Å². The van der Waals surface area contributed by atoms with Crippen LogP contribution in [0.1, 0.15) is 55.8 Å². The second kappa shape index (κ2) is 5.81. The quantitative estimate of drug-likeness (QED) is 0.917. The molecule has 2 heterocycles. The van der Waals surface area contributed by atoms with E-state index >= 15 is 0 Å². The third-order valence-electron chi connectivity index (χ3n) is 4.30. The van der Waals surface area contributed by atoms with Crippen LogP contribution in [0.4, 0.5) is 5.82 Å². The lowest BCUT2D eigenvalue weighted by molar-refractivity contribution is 0.0607. The van der Waals surface area contributed by atoms with Gasteiger partial charge < -0.3 is 10.2 Å². The summed E-state index contributed by atoms with van der Waals surface area (Å²) in [5.74, 6) is 1.02. The number of aromatic nitrogens is 1. The number of nitrogens with one attached hydrogen (secondary N) is 1. The van der Waals surface area contributed by atoms with E-state index in [1.165, 1.54) is 19.3 Å². The maximum absolute atomic E-state index is 12.6. The van der Waals surface area contributed by atoms with Crippen molar-refractivity contribution in [3.63, 3.8) is 0 Å². The minimum Gasteiger partial charge on any atom is -0.367 e. The van der Waals surface area contributed by atoms with E-state index < -0.39 is 0 Å². The number of hydrogen-bond donors (Lipinski definition) is 1. The molecule has 0 bridgehead atoms. The summed E-state index contributed by atoms with van der Waals surface area (Å²) < 4.78 is 0. The molecule has 4 heteroatoms. The average molecular weight is 273 g/mol. The van der Waals surface area contributed by atoms with Crippen LogP contribution in [0.15, 0.2) is 18.3 Å². The second-order valence-corrected chi connectivity index (χ2v) is 5.91. The highest BCUT2D eigenvalue weighted by molar-refractivity contribution is 5.94. The van der Waals surface area contributed by atoms with Gasteiger partial charge in [-0.2, -0.15) is 0 Å². The Balaban J connectivity index is 1.68. The number of nitrogens with zero attached hydrogens (tertiary/aromatic N) is 2. The fraction of sp³-hybridized carbons (Fsp3) is 0.625. The van der Waals surface area contributed by atoms with E-state index in [0.717, 1.165) is 31.6 Å². The SMILES string of the molecule is CCC1CCCCN1C(=O)c1ccc(NC2CC2)nc1. The van der Waals surface area contributed by atoms with Crippen LogP contribution in [0, 0.1) is 0 Å². The van der Waals surface area contributed by atoms with Crippen molar-refractivity contribution >= 4 is 11.7 Å². The highest BCUT2D eigenvalue weighted by Gasteiger charge is 2.26. The summed E-state index contributed by atoms with van der Waals surface area (Å²) in [6, 6.07) is 4.83. The number of amides is 1. The molecule has 0 aromatic carbocycles. The highest BCUT2D eigenvalue weighted by atomic mass is 16.2. The van der Waals surface area contributed by atoms with Gasteiger partial charge in [0.15, 0.2) is 0 Å². The van der Waals surface area contributed by atoms with E-state index in [1.807, 2.05) is 17.0 Å². The van der Waals surface area contributed by atoms with Gasteiger partial charge in [-0.25, -0.2) is 4.98 Å². The third-order valence-corrected chi connectivity index (χ3v) is 4.30. The lowest BCUT2D eigenvalue weighted by Gasteiger charge is -2.35. The first-order valence-electron chi connectivity index (χ1n) is 7.81. The predicted octanol–water partition coefficient (Wildman–Crippen LogP) is 3.06. The van der Waals surface area contributed by atoms with Crippen molar-refractivity contribution < 1.29 is 4.79 Å². The van der Waals surface area contributed by atoms with Crippen molar-refractivity contribution in [2.75, 3.05) is 11.9 Å². The molecule has 0 spiro atoms. The summed E-state index contributed by atoms with van der Waals surface area (Å²) in [6.07, 6.45) is 8.72. The van der Waals surface area contributed by atoms with Gasteiger partial charge >= 0.3 is 0 Å². The molecule has 108 valence electrons. The zero-order valence-corrected chi connectivity index (χ0v) is 12.1. The largest absolute Gasteiger partial charge is 0.367 e. The predicted molar refractivity (Wildman–Crippen MR) is 79.8 cm³/mol. The number of rotatable bonds is 4. The van der Waals surface area contributed by atoms with Crippen LogP contribution >= 0.6 is 0 Å². The van der Waals surface area contributed by atoms with Crippen molar-refractivity contribution in [2.24, 2.45) is 0 Å². The third kappa shape index (κ3) is 2.94. The number of piperidine rings is 1. The van der Waals surface area contributed by atoms with Gasteiger partial charge in [-0.1, -0.05) is 6.92 Å². The van der Waals surface area contributed by atoms with Crippen LogP contribution in [0.25, 0.3) is 0 Å². The first kappa shape index (κ1) is 13.4. The second-order valence-electron chi connectivity index (χ2n) is 5.91. The Hall–Kier alpha value is -1.58. The van der Waals surface area contributed by atoms with E-state index in [9.17, 15) is 4.79 Å². The van der Waals surface area contributed by atoms with Crippen LogP contribution < -0.4 is 5.32 Å². The molecule has 2 aliphatic rings. The Morgan fingerprint density at radius 3 is 2.85 bits per heavy atom. The Morgan fingerprint density at radius 2 is 2.20 bits per heavy atom. The van der Waals surface area contributed by atoms with Crippen LogP contribution in [0.5, 0.6) is 0 Å². The summed E-state index contributed by atoms with van der Waals surface area (Å²) in [6.45, 7) is 3.05. The summed E-state index contributed by atoms with van der Waals surface area (Å²) in [5.41, 5.74) is 0.715. The molecule has 2 fully saturated rings. The normalized spacial score (nSPS) is 22.6. The van der Waals surface area contributed by atoms with E-state index in [-0.39, 0.29) is 5.91 Å². The summed E-state index contributed by atoms with van der Waals surface area (Å²) in [5, 5.41) is 3.35. The number of anilines is 1. The van der Waals surface area contributed by atoms with Gasteiger partial charge in [0.1, 0.15) is 5.82 Å². The molecule has 1 aromatic rings. The Bertz CT molecular complexity index is 467. The van der Waals surface area contributed by atoms with Crippen LogP contribution in [0.2, 0.25) is 0 Å². The van der Waals surface area contributed by atoms with E-state index in [0.29, 0.717) is 17.6 Å². The first-order valence-corrected chi connectivity index (χ1v) is 7.81. The first-order chi connectivity index (χ1) is 9.78. The minimum absolute atomic E-state index is 0.141. The Kier molecular flexibility index (Phi) is 3.90. The molecule has 1 saturated heterocycles. The van der Waals surface area contributed by atoms with Crippen LogP contribution in [-0.4, -0.2) is 34.4 Å². The monoisotopic (exact) mass is 273 g/mol. The fourth-order valence-electron chi connectivity index (χ4n) is 2.90. The van der Waals surface area contributed by atoms with Gasteiger partial charge in [0.25, 0.3) is 5.91 Å². The van der Waals surface area contributed by atoms with Gasteiger partial charge in [0, 0.05) is 24.8 Å². The standard InChI is InChI=1S/C16H23N3O/c1-2-14-5-3-4-10-19(14)16(20)12-6-9-15(17-11-12)18-13-7-8-13/h6,9,11,13-14H,2-5,7-8,10H2,1H3,(H,17,18). The van der Waals surface area contributed by atoms with Gasteiger partial charge in [-0.05, 0) is 50.7 Å². The van der Waals surface area contributed by atoms with Gasteiger partial charge in [0.2, 0.25) is 0 Å². The molecule has 1 aromatic heterocycles. The van der Waals surface area contributed by atoms with Crippen molar-refractivity contribution in [3.05, 3.63) is 23.9 Å². The Morgan fingerprint density at radius 1 is 1.35 bits per heavy atom. The number of carbonyl (C=O) groups is 1. The lowest BCUT2D eigenvalue weighted by Crippen LogP contribution is -2.43. The van der Waals surface area contributed by atoms with E-state index in [1.54, 1.807) is 6.20 Å². The average Bonchev–Trinajstić information content (AvgIpc) is 3.31.